The molecule has 2 amide bonds. The van der Waals surface area contributed by atoms with Crippen molar-refractivity contribution in [3.05, 3.63) is 54.1 Å². The minimum absolute atomic E-state index is 0.0913. The van der Waals surface area contributed by atoms with Crippen LogP contribution in [-0.4, -0.2) is 31.6 Å². The summed E-state index contributed by atoms with van der Waals surface area (Å²) >= 11 is 0. The third-order valence-corrected chi connectivity index (χ3v) is 4.03. The number of hydrogen-bond donors (Lipinski definition) is 2. The Kier molecular flexibility index (Phi) is 7.23. The largest absolute Gasteiger partial charge is 0.495 e. The number of benzene rings is 2. The normalized spacial score (nSPS) is 11.6. The number of hydrogen-bond acceptors (Lipinski definition) is 4. The number of nitrogens with one attached hydrogen (secondary N) is 2. The molecule has 0 heterocycles. The van der Waals surface area contributed by atoms with Crippen LogP contribution in [0.1, 0.15) is 31.1 Å². The second kappa shape index (κ2) is 9.62. The second-order valence-electron chi connectivity index (χ2n) is 6.34. The van der Waals surface area contributed by atoms with Gasteiger partial charge in [0.2, 0.25) is 5.91 Å². The van der Waals surface area contributed by atoms with Gasteiger partial charge in [-0.05, 0) is 49.2 Å². The molecule has 2 aromatic rings. The number of para-hydroxylation sites is 2. The van der Waals surface area contributed by atoms with Gasteiger partial charge < -0.3 is 20.1 Å². The Bertz CT molecular complexity index is 772. The van der Waals surface area contributed by atoms with Crippen LogP contribution >= 0.6 is 0 Å². The van der Waals surface area contributed by atoms with Crippen LogP contribution in [-0.2, 0) is 4.79 Å². The molecule has 2 aromatic carbocycles. The van der Waals surface area contributed by atoms with Crippen LogP contribution < -0.4 is 20.1 Å². The molecule has 2 N–H and O–H groups in total. The summed E-state index contributed by atoms with van der Waals surface area (Å²) in [6.45, 7) is 6.22. The standard InChI is InChI=1S/C21H26N2O4/c1-5-27-16-12-10-15(11-13-16)20(24)23-19(14(2)3)21(25)22-17-8-6-7-9-18(17)26-4/h6-14,19H,5H2,1-4H3,(H,22,25)(H,23,24)/t19-/m0/s1. The first-order chi connectivity index (χ1) is 13.0. The van der Waals surface area contributed by atoms with Gasteiger partial charge in [0.15, 0.2) is 0 Å². The average Bonchev–Trinajstić information content (AvgIpc) is 2.66. The van der Waals surface area contributed by atoms with Gasteiger partial charge in [0.25, 0.3) is 5.91 Å². The summed E-state index contributed by atoms with van der Waals surface area (Å²) in [5.74, 6) is 0.557. The first-order valence-electron chi connectivity index (χ1n) is 8.93. The lowest BCUT2D eigenvalue weighted by atomic mass is 10.0. The number of methoxy groups -OCH3 is 1. The van der Waals surface area contributed by atoms with Crippen molar-refractivity contribution in [2.24, 2.45) is 5.92 Å². The van der Waals surface area contributed by atoms with Crippen molar-refractivity contribution in [3.63, 3.8) is 0 Å². The van der Waals surface area contributed by atoms with E-state index in [-0.39, 0.29) is 17.7 Å². The lowest BCUT2D eigenvalue weighted by molar-refractivity contribution is -0.118. The van der Waals surface area contributed by atoms with Crippen molar-refractivity contribution in [2.75, 3.05) is 19.0 Å². The molecule has 0 saturated heterocycles. The summed E-state index contributed by atoms with van der Waals surface area (Å²) in [7, 11) is 1.54. The number of anilines is 1. The van der Waals surface area contributed by atoms with E-state index in [1.807, 2.05) is 26.8 Å². The van der Waals surface area contributed by atoms with Crippen LogP contribution in [0.15, 0.2) is 48.5 Å². The number of amides is 2. The molecular formula is C21H26N2O4. The van der Waals surface area contributed by atoms with Crippen molar-refractivity contribution >= 4 is 17.5 Å². The topological polar surface area (TPSA) is 76.7 Å². The molecule has 0 aliphatic rings. The minimum Gasteiger partial charge on any atom is -0.495 e. The molecule has 0 spiro atoms. The smallest absolute Gasteiger partial charge is 0.251 e. The maximum Gasteiger partial charge on any atom is 0.251 e. The molecule has 0 aliphatic heterocycles. The molecule has 0 aliphatic carbocycles. The van der Waals surface area contributed by atoms with Crippen molar-refractivity contribution in [3.8, 4) is 11.5 Å². The van der Waals surface area contributed by atoms with Gasteiger partial charge in [-0.25, -0.2) is 0 Å². The molecule has 2 rings (SSSR count). The molecule has 6 nitrogen and oxygen atoms in total. The van der Waals surface area contributed by atoms with Gasteiger partial charge in [0.1, 0.15) is 17.5 Å². The molecule has 1 atom stereocenters. The molecule has 0 bridgehead atoms. The van der Waals surface area contributed by atoms with E-state index in [1.165, 1.54) is 0 Å². The van der Waals surface area contributed by atoms with Crippen LogP contribution in [0.25, 0.3) is 0 Å². The zero-order valence-corrected chi connectivity index (χ0v) is 16.1. The van der Waals surface area contributed by atoms with Gasteiger partial charge >= 0.3 is 0 Å². The fourth-order valence-electron chi connectivity index (χ4n) is 2.59. The summed E-state index contributed by atoms with van der Waals surface area (Å²) in [5.41, 5.74) is 1.03. The number of carbonyl (C=O) groups is 2. The minimum atomic E-state index is -0.686. The zero-order chi connectivity index (χ0) is 19.8. The average molecular weight is 370 g/mol. The Balaban J connectivity index is 2.09. The lowest BCUT2D eigenvalue weighted by Gasteiger charge is -2.22. The Morgan fingerprint density at radius 1 is 1.04 bits per heavy atom. The molecule has 0 aromatic heterocycles. The number of carbonyl (C=O) groups excluding carboxylic acids is 2. The molecule has 144 valence electrons. The number of rotatable bonds is 8. The molecular weight excluding hydrogens is 344 g/mol. The maximum atomic E-state index is 12.7. The van der Waals surface area contributed by atoms with E-state index >= 15 is 0 Å². The highest BCUT2D eigenvalue weighted by Gasteiger charge is 2.25. The highest BCUT2D eigenvalue weighted by molar-refractivity contribution is 6.01. The molecule has 0 saturated carbocycles. The van der Waals surface area contributed by atoms with E-state index in [4.69, 9.17) is 9.47 Å². The predicted molar refractivity (Wildman–Crippen MR) is 105 cm³/mol. The van der Waals surface area contributed by atoms with Gasteiger partial charge in [0, 0.05) is 5.56 Å². The highest BCUT2D eigenvalue weighted by atomic mass is 16.5. The summed E-state index contributed by atoms with van der Waals surface area (Å²) in [5, 5.41) is 5.64. The molecule has 27 heavy (non-hydrogen) atoms. The molecule has 0 radical (unpaired) electrons. The van der Waals surface area contributed by atoms with Gasteiger partial charge in [-0.2, -0.15) is 0 Å². The van der Waals surface area contributed by atoms with Crippen molar-refractivity contribution in [1.82, 2.24) is 5.32 Å². The van der Waals surface area contributed by atoms with Gasteiger partial charge in [-0.15, -0.1) is 0 Å². The summed E-state index contributed by atoms with van der Waals surface area (Å²) in [6, 6.07) is 13.3. The fraction of sp³-hybridized carbons (Fsp3) is 0.333. The monoisotopic (exact) mass is 370 g/mol. The molecule has 0 unspecified atom stereocenters. The summed E-state index contributed by atoms with van der Waals surface area (Å²) in [4.78, 5) is 25.3. The van der Waals surface area contributed by atoms with Crippen LogP contribution in [0.2, 0.25) is 0 Å². The summed E-state index contributed by atoms with van der Waals surface area (Å²) in [6.07, 6.45) is 0. The first-order valence-corrected chi connectivity index (χ1v) is 8.93. The molecule has 6 heteroatoms. The van der Waals surface area contributed by atoms with Crippen molar-refractivity contribution in [1.29, 1.82) is 0 Å². The van der Waals surface area contributed by atoms with E-state index in [1.54, 1.807) is 49.6 Å². The van der Waals surface area contributed by atoms with Crippen LogP contribution in [0, 0.1) is 5.92 Å². The third-order valence-electron chi connectivity index (χ3n) is 4.03. The quantitative estimate of drug-likeness (QED) is 0.746. The van der Waals surface area contributed by atoms with Crippen LogP contribution in [0.4, 0.5) is 5.69 Å². The second-order valence-corrected chi connectivity index (χ2v) is 6.34. The van der Waals surface area contributed by atoms with E-state index in [2.05, 4.69) is 10.6 Å². The Morgan fingerprint density at radius 3 is 2.30 bits per heavy atom. The first kappa shape index (κ1) is 20.3. The van der Waals surface area contributed by atoms with E-state index in [0.29, 0.717) is 29.4 Å². The van der Waals surface area contributed by atoms with E-state index < -0.39 is 6.04 Å². The third kappa shape index (κ3) is 5.48. The van der Waals surface area contributed by atoms with Crippen LogP contribution in [0.5, 0.6) is 11.5 Å². The van der Waals surface area contributed by atoms with Crippen molar-refractivity contribution in [2.45, 2.75) is 26.8 Å². The maximum absolute atomic E-state index is 12.7. The van der Waals surface area contributed by atoms with Gasteiger partial charge in [-0.3, -0.25) is 9.59 Å². The Hall–Kier alpha value is -3.02. The highest BCUT2D eigenvalue weighted by Crippen LogP contribution is 2.23. The SMILES string of the molecule is CCOc1ccc(C(=O)N[C@H](C(=O)Nc2ccccc2OC)C(C)C)cc1. The Morgan fingerprint density at radius 2 is 1.70 bits per heavy atom. The molecule has 0 fully saturated rings. The van der Waals surface area contributed by atoms with E-state index in [9.17, 15) is 9.59 Å². The van der Waals surface area contributed by atoms with Crippen LogP contribution in [0.3, 0.4) is 0 Å². The number of ether oxygens (including phenoxy) is 2. The summed E-state index contributed by atoms with van der Waals surface area (Å²) < 4.78 is 10.6. The van der Waals surface area contributed by atoms with Crippen molar-refractivity contribution < 1.29 is 19.1 Å². The van der Waals surface area contributed by atoms with Gasteiger partial charge in [0.05, 0.1) is 19.4 Å². The lowest BCUT2D eigenvalue weighted by Crippen LogP contribution is -2.47. The predicted octanol–water partition coefficient (Wildman–Crippen LogP) is 3.49. The Labute approximate surface area is 159 Å². The fourth-order valence-corrected chi connectivity index (χ4v) is 2.59. The zero-order valence-electron chi connectivity index (χ0n) is 16.1. The van der Waals surface area contributed by atoms with E-state index in [0.717, 1.165) is 0 Å². The van der Waals surface area contributed by atoms with Gasteiger partial charge in [-0.1, -0.05) is 26.0 Å².